The summed E-state index contributed by atoms with van der Waals surface area (Å²) >= 11 is 5.83. The summed E-state index contributed by atoms with van der Waals surface area (Å²) in [4.78, 5) is 27.2. The Kier molecular flexibility index (Phi) is 4.34. The molecule has 0 amide bonds. The van der Waals surface area contributed by atoms with E-state index in [2.05, 4.69) is 25.3 Å². The van der Waals surface area contributed by atoms with Crippen LogP contribution in [0, 0.1) is 16.0 Å². The number of hydrogen-bond donors (Lipinski definition) is 1. The highest BCUT2D eigenvalue weighted by Crippen LogP contribution is 2.35. The van der Waals surface area contributed by atoms with Crippen molar-refractivity contribution in [3.8, 4) is 0 Å². The number of rotatable bonds is 5. The molecule has 0 saturated heterocycles. The van der Waals surface area contributed by atoms with Crippen LogP contribution < -0.4 is 5.32 Å². The molecule has 1 aliphatic rings. The molecule has 1 aromatic carbocycles. The van der Waals surface area contributed by atoms with Gasteiger partial charge in [0.25, 0.3) is 0 Å². The number of para-hydroxylation sites is 1. The minimum atomic E-state index is -0.519. The van der Waals surface area contributed by atoms with Gasteiger partial charge in [-0.15, -0.1) is 0 Å². The van der Waals surface area contributed by atoms with E-state index in [4.69, 9.17) is 11.6 Å². The SMILES string of the molecule is O=[N+]([O-])c1c(Cl)ncnc1CC1CC(Nc2ncc3ccccc3n2)C1. The first kappa shape index (κ1) is 16.6. The van der Waals surface area contributed by atoms with Gasteiger partial charge in [0, 0.05) is 17.6 Å². The molecule has 3 aromatic rings. The van der Waals surface area contributed by atoms with E-state index >= 15 is 0 Å². The van der Waals surface area contributed by atoms with Gasteiger partial charge >= 0.3 is 5.69 Å². The van der Waals surface area contributed by atoms with Gasteiger partial charge in [-0.25, -0.2) is 19.9 Å². The lowest BCUT2D eigenvalue weighted by Crippen LogP contribution is -2.37. The van der Waals surface area contributed by atoms with Crippen LogP contribution in [0.1, 0.15) is 18.5 Å². The van der Waals surface area contributed by atoms with Crippen molar-refractivity contribution in [2.24, 2.45) is 5.92 Å². The van der Waals surface area contributed by atoms with E-state index in [1.165, 1.54) is 6.33 Å². The maximum absolute atomic E-state index is 11.2. The quantitative estimate of drug-likeness (QED) is 0.416. The number of anilines is 1. The molecule has 132 valence electrons. The molecule has 4 rings (SSSR count). The minimum absolute atomic E-state index is 0.112. The first-order valence-electron chi connectivity index (χ1n) is 8.22. The molecule has 0 atom stereocenters. The number of aromatic nitrogens is 4. The molecule has 8 nitrogen and oxygen atoms in total. The number of benzene rings is 1. The van der Waals surface area contributed by atoms with Crippen molar-refractivity contribution >= 4 is 34.1 Å². The zero-order valence-corrected chi connectivity index (χ0v) is 14.4. The summed E-state index contributed by atoms with van der Waals surface area (Å²) in [6, 6.07) is 8.06. The Morgan fingerprint density at radius 2 is 2.04 bits per heavy atom. The van der Waals surface area contributed by atoms with E-state index in [1.54, 1.807) is 6.20 Å². The van der Waals surface area contributed by atoms with Gasteiger partial charge in [-0.3, -0.25) is 10.1 Å². The average molecular weight is 371 g/mol. The summed E-state index contributed by atoms with van der Waals surface area (Å²) in [6.45, 7) is 0. The third kappa shape index (κ3) is 3.28. The van der Waals surface area contributed by atoms with Gasteiger partial charge in [0.15, 0.2) is 0 Å². The van der Waals surface area contributed by atoms with Gasteiger partial charge in [0.2, 0.25) is 11.1 Å². The Bertz CT molecular complexity index is 976. The second kappa shape index (κ2) is 6.80. The average Bonchev–Trinajstić information content (AvgIpc) is 2.59. The topological polar surface area (TPSA) is 107 Å². The molecule has 0 radical (unpaired) electrons. The summed E-state index contributed by atoms with van der Waals surface area (Å²) in [5, 5.41) is 15.4. The number of nitrogens with one attached hydrogen (secondary N) is 1. The maximum atomic E-state index is 11.2. The van der Waals surface area contributed by atoms with Crippen LogP contribution >= 0.6 is 11.6 Å². The molecule has 2 aromatic heterocycles. The Morgan fingerprint density at radius 1 is 1.23 bits per heavy atom. The van der Waals surface area contributed by atoms with Gasteiger partial charge in [0.1, 0.15) is 12.0 Å². The zero-order chi connectivity index (χ0) is 18.1. The fourth-order valence-electron chi connectivity index (χ4n) is 3.24. The van der Waals surface area contributed by atoms with Gasteiger partial charge in [-0.1, -0.05) is 29.8 Å². The van der Waals surface area contributed by atoms with E-state index in [1.807, 2.05) is 24.3 Å². The summed E-state index contributed by atoms with van der Waals surface area (Å²) < 4.78 is 0. The summed E-state index contributed by atoms with van der Waals surface area (Å²) in [7, 11) is 0. The summed E-state index contributed by atoms with van der Waals surface area (Å²) in [6.07, 6.45) is 5.31. The van der Waals surface area contributed by atoms with Crippen molar-refractivity contribution in [1.29, 1.82) is 0 Å². The highest BCUT2D eigenvalue weighted by atomic mass is 35.5. The van der Waals surface area contributed by atoms with Gasteiger partial charge in [0.05, 0.1) is 10.4 Å². The number of nitrogens with zero attached hydrogens (tertiary/aromatic N) is 5. The molecular weight excluding hydrogens is 356 g/mol. The number of hydrogen-bond acceptors (Lipinski definition) is 7. The molecule has 1 N–H and O–H groups in total. The van der Waals surface area contributed by atoms with Crippen LogP contribution in [0.4, 0.5) is 11.6 Å². The fraction of sp³-hybridized carbons (Fsp3) is 0.294. The molecule has 1 fully saturated rings. The first-order valence-corrected chi connectivity index (χ1v) is 8.60. The Balaban J connectivity index is 1.38. The van der Waals surface area contributed by atoms with Gasteiger partial charge < -0.3 is 5.32 Å². The van der Waals surface area contributed by atoms with E-state index in [9.17, 15) is 10.1 Å². The molecule has 9 heteroatoms. The fourth-order valence-corrected chi connectivity index (χ4v) is 3.46. The Labute approximate surface area is 153 Å². The van der Waals surface area contributed by atoms with Crippen molar-refractivity contribution in [3.63, 3.8) is 0 Å². The smallest absolute Gasteiger partial charge is 0.327 e. The highest BCUT2D eigenvalue weighted by Gasteiger charge is 2.33. The predicted octanol–water partition coefficient (Wildman–Crippen LogP) is 3.41. The van der Waals surface area contributed by atoms with E-state index in [0.29, 0.717) is 24.0 Å². The molecule has 1 saturated carbocycles. The lowest BCUT2D eigenvalue weighted by atomic mass is 9.77. The molecule has 0 bridgehead atoms. The van der Waals surface area contributed by atoms with Crippen LogP contribution in [0.3, 0.4) is 0 Å². The monoisotopic (exact) mass is 370 g/mol. The zero-order valence-electron chi connectivity index (χ0n) is 13.7. The highest BCUT2D eigenvalue weighted by molar-refractivity contribution is 6.31. The molecule has 0 aliphatic heterocycles. The Hall–Kier alpha value is -2.87. The molecule has 0 unspecified atom stereocenters. The normalized spacial score (nSPS) is 19.1. The van der Waals surface area contributed by atoms with Crippen LogP contribution in [-0.4, -0.2) is 30.9 Å². The van der Waals surface area contributed by atoms with Crippen molar-refractivity contribution in [2.45, 2.75) is 25.3 Å². The van der Waals surface area contributed by atoms with Crippen LogP contribution in [0.25, 0.3) is 10.9 Å². The third-order valence-corrected chi connectivity index (χ3v) is 4.85. The van der Waals surface area contributed by atoms with E-state index in [0.717, 1.165) is 23.7 Å². The molecule has 1 aliphatic carbocycles. The second-order valence-electron chi connectivity index (χ2n) is 6.35. The first-order chi connectivity index (χ1) is 12.6. The summed E-state index contributed by atoms with van der Waals surface area (Å²) in [5.41, 5.74) is 1.09. The van der Waals surface area contributed by atoms with E-state index in [-0.39, 0.29) is 16.9 Å². The van der Waals surface area contributed by atoms with Crippen molar-refractivity contribution in [3.05, 3.63) is 57.8 Å². The Morgan fingerprint density at radius 3 is 2.85 bits per heavy atom. The van der Waals surface area contributed by atoms with Gasteiger partial charge in [-0.05, 0) is 31.2 Å². The van der Waals surface area contributed by atoms with Crippen molar-refractivity contribution < 1.29 is 4.92 Å². The number of halogens is 1. The van der Waals surface area contributed by atoms with Crippen LogP contribution in [0.5, 0.6) is 0 Å². The molecule has 0 spiro atoms. The third-order valence-electron chi connectivity index (χ3n) is 4.58. The van der Waals surface area contributed by atoms with Crippen molar-refractivity contribution in [1.82, 2.24) is 19.9 Å². The molecular formula is C17H15ClN6O2. The lowest BCUT2D eigenvalue weighted by Gasteiger charge is -2.35. The predicted molar refractivity (Wildman–Crippen MR) is 97.1 cm³/mol. The lowest BCUT2D eigenvalue weighted by molar-refractivity contribution is -0.386. The number of nitro groups is 1. The second-order valence-corrected chi connectivity index (χ2v) is 6.71. The van der Waals surface area contributed by atoms with Gasteiger partial charge in [-0.2, -0.15) is 0 Å². The largest absolute Gasteiger partial charge is 0.351 e. The van der Waals surface area contributed by atoms with Crippen LogP contribution in [0.15, 0.2) is 36.8 Å². The maximum Gasteiger partial charge on any atom is 0.327 e. The van der Waals surface area contributed by atoms with E-state index < -0.39 is 4.92 Å². The minimum Gasteiger partial charge on any atom is -0.351 e. The van der Waals surface area contributed by atoms with Crippen LogP contribution in [-0.2, 0) is 6.42 Å². The standard InChI is InChI=1S/C17H15ClN6O2/c18-16-15(24(25)26)14(20-9-21-16)7-10-5-12(6-10)22-17-19-8-11-3-1-2-4-13(11)23-17/h1-4,8-10,12H,5-7H2,(H,19,22,23). The molecule has 2 heterocycles. The van der Waals surface area contributed by atoms with Crippen molar-refractivity contribution in [2.75, 3.05) is 5.32 Å². The van der Waals surface area contributed by atoms with Crippen LogP contribution in [0.2, 0.25) is 5.15 Å². The summed E-state index contributed by atoms with van der Waals surface area (Å²) in [5.74, 6) is 0.904. The number of fused-ring (bicyclic) bond motifs is 1. The molecule has 26 heavy (non-hydrogen) atoms.